The highest BCUT2D eigenvalue weighted by molar-refractivity contribution is 9.10. The second-order valence-electron chi connectivity index (χ2n) is 2.73. The molecule has 0 bridgehead atoms. The van der Waals surface area contributed by atoms with E-state index in [9.17, 15) is 13.6 Å². The van der Waals surface area contributed by atoms with Gasteiger partial charge in [-0.1, -0.05) is 0 Å². The third-order valence-electron chi connectivity index (χ3n) is 1.55. The van der Waals surface area contributed by atoms with Crippen LogP contribution in [0, 0.1) is 11.6 Å². The first-order valence-electron chi connectivity index (χ1n) is 3.98. The lowest BCUT2D eigenvalue weighted by molar-refractivity contribution is -0.119. The number of ether oxygens (including phenoxy) is 1. The monoisotopic (exact) mass is 279 g/mol. The molecule has 0 fully saturated rings. The van der Waals surface area contributed by atoms with Gasteiger partial charge in [0.15, 0.2) is 5.82 Å². The maximum absolute atomic E-state index is 13.2. The quantitative estimate of drug-likeness (QED) is 0.922. The summed E-state index contributed by atoms with van der Waals surface area (Å²) in [6.45, 7) is -0.191. The van der Waals surface area contributed by atoms with Crippen molar-refractivity contribution < 1.29 is 18.3 Å². The third kappa shape index (κ3) is 3.24. The van der Waals surface area contributed by atoms with Crippen LogP contribution in [0.2, 0.25) is 0 Å². The summed E-state index contributed by atoms with van der Waals surface area (Å²) in [5.41, 5.74) is -0.0987. The fourth-order valence-electron chi connectivity index (χ4n) is 0.968. The lowest BCUT2D eigenvalue weighted by Gasteiger charge is -2.08. The van der Waals surface area contributed by atoms with Crippen LogP contribution in [-0.2, 0) is 9.53 Å². The van der Waals surface area contributed by atoms with Crippen molar-refractivity contribution in [3.63, 3.8) is 0 Å². The van der Waals surface area contributed by atoms with Gasteiger partial charge in [0.25, 0.3) is 0 Å². The van der Waals surface area contributed by atoms with Crippen LogP contribution in [0.3, 0.4) is 0 Å². The molecule has 0 heterocycles. The standard InChI is InChI=1S/C9H8BrF2NO2/c1-15-4-8(14)13-9-6(10)2-5(11)3-7(9)12/h2-3H,4H2,1H3,(H,13,14). The highest BCUT2D eigenvalue weighted by Crippen LogP contribution is 2.26. The van der Waals surface area contributed by atoms with E-state index in [2.05, 4.69) is 26.0 Å². The van der Waals surface area contributed by atoms with Crippen molar-refractivity contribution in [3.8, 4) is 0 Å². The van der Waals surface area contributed by atoms with Gasteiger partial charge < -0.3 is 10.1 Å². The largest absolute Gasteiger partial charge is 0.375 e. The number of carbonyl (C=O) groups is 1. The molecule has 0 spiro atoms. The van der Waals surface area contributed by atoms with Crippen LogP contribution in [0.25, 0.3) is 0 Å². The van der Waals surface area contributed by atoms with Gasteiger partial charge in [-0.25, -0.2) is 8.78 Å². The van der Waals surface area contributed by atoms with Gasteiger partial charge in [0.05, 0.1) is 5.69 Å². The van der Waals surface area contributed by atoms with Gasteiger partial charge >= 0.3 is 0 Å². The van der Waals surface area contributed by atoms with Gasteiger partial charge in [-0.15, -0.1) is 0 Å². The zero-order chi connectivity index (χ0) is 11.4. The summed E-state index contributed by atoms with van der Waals surface area (Å²) in [4.78, 5) is 11.1. The fourth-order valence-corrected chi connectivity index (χ4v) is 1.48. The van der Waals surface area contributed by atoms with Crippen LogP contribution >= 0.6 is 15.9 Å². The Bertz CT molecular complexity index is 361. The zero-order valence-corrected chi connectivity index (χ0v) is 9.40. The Morgan fingerprint density at radius 1 is 1.53 bits per heavy atom. The summed E-state index contributed by atoms with van der Waals surface area (Å²) in [7, 11) is 1.34. The van der Waals surface area contributed by atoms with Crippen LogP contribution in [0.4, 0.5) is 14.5 Å². The van der Waals surface area contributed by atoms with Crippen LogP contribution in [0.1, 0.15) is 0 Å². The Labute approximate surface area is 93.5 Å². The van der Waals surface area contributed by atoms with E-state index in [-0.39, 0.29) is 16.8 Å². The van der Waals surface area contributed by atoms with Crippen LogP contribution in [-0.4, -0.2) is 19.6 Å². The molecule has 82 valence electrons. The van der Waals surface area contributed by atoms with Crippen molar-refractivity contribution in [2.75, 3.05) is 19.0 Å². The molecule has 0 atom stereocenters. The summed E-state index contributed by atoms with van der Waals surface area (Å²) < 4.78 is 30.6. The molecule has 0 saturated heterocycles. The van der Waals surface area contributed by atoms with Crippen molar-refractivity contribution >= 4 is 27.5 Å². The maximum atomic E-state index is 13.2. The molecule has 0 aliphatic carbocycles. The Balaban J connectivity index is 2.90. The van der Waals surface area contributed by atoms with Gasteiger partial charge in [-0.2, -0.15) is 0 Å². The summed E-state index contributed by atoms with van der Waals surface area (Å²) in [6.07, 6.45) is 0. The third-order valence-corrected chi connectivity index (χ3v) is 2.17. The number of halogens is 3. The van der Waals surface area contributed by atoms with Gasteiger partial charge in [0, 0.05) is 17.6 Å². The topological polar surface area (TPSA) is 38.3 Å². The van der Waals surface area contributed by atoms with E-state index in [4.69, 9.17) is 0 Å². The molecular weight excluding hydrogens is 272 g/mol. The van der Waals surface area contributed by atoms with E-state index in [0.717, 1.165) is 6.07 Å². The second kappa shape index (κ2) is 5.18. The molecule has 1 N–H and O–H groups in total. The first-order chi connectivity index (χ1) is 7.04. The highest BCUT2D eigenvalue weighted by atomic mass is 79.9. The number of anilines is 1. The Kier molecular flexibility index (Phi) is 4.16. The second-order valence-corrected chi connectivity index (χ2v) is 3.58. The molecular formula is C9H8BrF2NO2. The molecule has 15 heavy (non-hydrogen) atoms. The average Bonchev–Trinajstić information content (AvgIpc) is 2.11. The molecule has 0 aliphatic rings. The predicted octanol–water partition coefficient (Wildman–Crippen LogP) is 2.31. The minimum absolute atomic E-state index is 0.0987. The number of methoxy groups -OCH3 is 1. The fraction of sp³-hybridized carbons (Fsp3) is 0.222. The molecule has 0 radical (unpaired) electrons. The molecule has 1 amide bonds. The maximum Gasteiger partial charge on any atom is 0.250 e. The lowest BCUT2D eigenvalue weighted by atomic mass is 10.3. The summed E-state index contributed by atoms with van der Waals surface area (Å²) in [5, 5.41) is 2.25. The lowest BCUT2D eigenvalue weighted by Crippen LogP contribution is -2.18. The molecule has 0 aromatic heterocycles. The molecule has 3 nitrogen and oxygen atoms in total. The number of hydrogen-bond donors (Lipinski definition) is 1. The van der Waals surface area contributed by atoms with Crippen molar-refractivity contribution in [2.45, 2.75) is 0 Å². The Hall–Kier alpha value is -1.01. The number of carbonyl (C=O) groups excluding carboxylic acids is 1. The average molecular weight is 280 g/mol. The summed E-state index contributed by atoms with van der Waals surface area (Å²) >= 11 is 2.94. The normalized spacial score (nSPS) is 10.1. The minimum atomic E-state index is -0.841. The summed E-state index contributed by atoms with van der Waals surface area (Å²) in [5.74, 6) is -2.07. The van der Waals surface area contributed by atoms with Crippen LogP contribution < -0.4 is 5.32 Å². The minimum Gasteiger partial charge on any atom is -0.375 e. The van der Waals surface area contributed by atoms with Gasteiger partial charge in [-0.05, 0) is 22.0 Å². The molecule has 0 aliphatic heterocycles. The Morgan fingerprint density at radius 2 is 2.20 bits per heavy atom. The number of rotatable bonds is 3. The Morgan fingerprint density at radius 3 is 2.73 bits per heavy atom. The van der Waals surface area contributed by atoms with Crippen LogP contribution in [0.5, 0.6) is 0 Å². The van der Waals surface area contributed by atoms with Crippen molar-refractivity contribution in [2.24, 2.45) is 0 Å². The van der Waals surface area contributed by atoms with Crippen molar-refractivity contribution in [3.05, 3.63) is 28.2 Å². The molecule has 1 aromatic carbocycles. The van der Waals surface area contributed by atoms with Gasteiger partial charge in [-0.3, -0.25) is 4.79 Å². The number of benzene rings is 1. The van der Waals surface area contributed by atoms with E-state index >= 15 is 0 Å². The summed E-state index contributed by atoms with van der Waals surface area (Å²) in [6, 6.07) is 1.75. The number of hydrogen-bond acceptors (Lipinski definition) is 2. The van der Waals surface area contributed by atoms with E-state index in [1.54, 1.807) is 0 Å². The van der Waals surface area contributed by atoms with Gasteiger partial charge in [0.2, 0.25) is 5.91 Å². The van der Waals surface area contributed by atoms with E-state index in [1.807, 2.05) is 0 Å². The zero-order valence-electron chi connectivity index (χ0n) is 7.81. The highest BCUT2D eigenvalue weighted by Gasteiger charge is 2.12. The number of amides is 1. The number of nitrogens with one attached hydrogen (secondary N) is 1. The van der Waals surface area contributed by atoms with Crippen molar-refractivity contribution in [1.82, 2.24) is 0 Å². The first kappa shape index (κ1) is 12.1. The molecule has 1 aromatic rings. The van der Waals surface area contributed by atoms with Gasteiger partial charge in [0.1, 0.15) is 12.4 Å². The molecule has 0 saturated carbocycles. The SMILES string of the molecule is COCC(=O)Nc1c(F)cc(F)cc1Br. The molecule has 6 heteroatoms. The van der Waals surface area contributed by atoms with Crippen LogP contribution in [0.15, 0.2) is 16.6 Å². The first-order valence-corrected chi connectivity index (χ1v) is 4.77. The van der Waals surface area contributed by atoms with E-state index < -0.39 is 17.5 Å². The molecule has 0 unspecified atom stereocenters. The molecule has 1 rings (SSSR count). The van der Waals surface area contributed by atoms with Crippen molar-refractivity contribution in [1.29, 1.82) is 0 Å². The van der Waals surface area contributed by atoms with E-state index in [1.165, 1.54) is 7.11 Å². The smallest absolute Gasteiger partial charge is 0.250 e. The predicted molar refractivity (Wildman–Crippen MR) is 54.6 cm³/mol. The van der Waals surface area contributed by atoms with E-state index in [0.29, 0.717) is 6.07 Å².